The summed E-state index contributed by atoms with van der Waals surface area (Å²) < 4.78 is 7.70. The van der Waals surface area contributed by atoms with E-state index >= 15 is 0 Å². The molecule has 3 aromatic rings. The lowest BCUT2D eigenvalue weighted by atomic mass is 10.1. The lowest BCUT2D eigenvalue weighted by Crippen LogP contribution is -2.04. The number of benzene rings is 2. The number of fused-ring (bicyclic) bond motifs is 1. The molecule has 0 bridgehead atoms. The van der Waals surface area contributed by atoms with E-state index in [0.29, 0.717) is 5.92 Å². The van der Waals surface area contributed by atoms with E-state index in [9.17, 15) is 0 Å². The first-order chi connectivity index (χ1) is 10.7. The Bertz CT molecular complexity index is 813. The third-order valence-corrected chi connectivity index (χ3v) is 4.39. The van der Waals surface area contributed by atoms with E-state index in [0.717, 1.165) is 17.8 Å². The maximum absolute atomic E-state index is 5.33. The number of rotatable bonds is 4. The quantitative estimate of drug-likeness (QED) is 0.717. The molecule has 0 spiro atoms. The lowest BCUT2D eigenvalue weighted by molar-refractivity contribution is 0.415. The second-order valence-corrected chi connectivity index (χ2v) is 6.17. The summed E-state index contributed by atoms with van der Waals surface area (Å²) in [4.78, 5) is 4.88. The highest BCUT2D eigenvalue weighted by Gasteiger charge is 2.29. The first-order valence-corrected chi connectivity index (χ1v) is 7.84. The summed E-state index contributed by atoms with van der Waals surface area (Å²) in [7, 11) is 1.70. The average molecular weight is 292 g/mol. The molecule has 0 saturated heterocycles. The molecule has 2 aromatic carbocycles. The molecule has 1 aliphatic rings. The average Bonchev–Trinajstić information content (AvgIpc) is 3.32. The van der Waals surface area contributed by atoms with Crippen molar-refractivity contribution in [2.75, 3.05) is 7.11 Å². The molecular weight excluding hydrogens is 272 g/mol. The smallest absolute Gasteiger partial charge is 0.121 e. The van der Waals surface area contributed by atoms with Crippen molar-refractivity contribution in [2.45, 2.75) is 32.2 Å². The van der Waals surface area contributed by atoms with Crippen LogP contribution in [0.25, 0.3) is 11.0 Å². The zero-order chi connectivity index (χ0) is 15.1. The molecule has 0 radical (unpaired) electrons. The Morgan fingerprint density at radius 2 is 1.91 bits per heavy atom. The van der Waals surface area contributed by atoms with Gasteiger partial charge in [0.05, 0.1) is 18.1 Å². The van der Waals surface area contributed by atoms with E-state index in [-0.39, 0.29) is 0 Å². The summed E-state index contributed by atoms with van der Waals surface area (Å²) in [6.07, 6.45) is 2.52. The summed E-state index contributed by atoms with van der Waals surface area (Å²) in [6, 6.07) is 15.0. The number of methoxy groups -OCH3 is 1. The van der Waals surface area contributed by atoms with Gasteiger partial charge in [-0.25, -0.2) is 4.98 Å². The van der Waals surface area contributed by atoms with Gasteiger partial charge in [0.15, 0.2) is 0 Å². The van der Waals surface area contributed by atoms with Gasteiger partial charge in [0.25, 0.3) is 0 Å². The fourth-order valence-electron chi connectivity index (χ4n) is 2.95. The van der Waals surface area contributed by atoms with Gasteiger partial charge < -0.3 is 9.30 Å². The maximum Gasteiger partial charge on any atom is 0.121 e. The second kappa shape index (κ2) is 5.16. The lowest BCUT2D eigenvalue weighted by Gasteiger charge is -2.09. The molecule has 0 amide bonds. The number of aryl methyl sites for hydroxylation is 1. The largest absolute Gasteiger partial charge is 0.497 e. The van der Waals surface area contributed by atoms with Gasteiger partial charge >= 0.3 is 0 Å². The highest BCUT2D eigenvalue weighted by molar-refractivity contribution is 5.78. The number of aromatic nitrogens is 2. The van der Waals surface area contributed by atoms with Crippen LogP contribution in [0.5, 0.6) is 5.75 Å². The van der Waals surface area contributed by atoms with Crippen molar-refractivity contribution in [2.24, 2.45) is 0 Å². The molecule has 22 heavy (non-hydrogen) atoms. The van der Waals surface area contributed by atoms with Gasteiger partial charge in [0.2, 0.25) is 0 Å². The molecule has 112 valence electrons. The highest BCUT2D eigenvalue weighted by atomic mass is 16.5. The van der Waals surface area contributed by atoms with E-state index in [2.05, 4.69) is 41.8 Å². The summed E-state index contributed by atoms with van der Waals surface area (Å²) in [5.74, 6) is 2.72. The molecule has 1 aliphatic carbocycles. The Kier molecular flexibility index (Phi) is 3.14. The molecule has 1 fully saturated rings. The molecule has 3 heteroatoms. The summed E-state index contributed by atoms with van der Waals surface area (Å²) in [5, 5.41) is 0. The van der Waals surface area contributed by atoms with Crippen molar-refractivity contribution in [1.82, 2.24) is 9.55 Å². The molecule has 1 heterocycles. The molecule has 4 rings (SSSR count). The molecule has 0 atom stereocenters. The van der Waals surface area contributed by atoms with Crippen molar-refractivity contribution in [3.05, 3.63) is 59.4 Å². The van der Waals surface area contributed by atoms with Gasteiger partial charge in [0.1, 0.15) is 11.6 Å². The van der Waals surface area contributed by atoms with Crippen LogP contribution in [0.2, 0.25) is 0 Å². The zero-order valence-corrected chi connectivity index (χ0v) is 13.0. The Morgan fingerprint density at radius 3 is 2.59 bits per heavy atom. The van der Waals surface area contributed by atoms with Crippen LogP contribution in [-0.4, -0.2) is 16.7 Å². The van der Waals surface area contributed by atoms with Gasteiger partial charge in [-0.3, -0.25) is 0 Å². The van der Waals surface area contributed by atoms with Crippen LogP contribution in [0, 0.1) is 6.92 Å². The van der Waals surface area contributed by atoms with Crippen LogP contribution in [0.3, 0.4) is 0 Å². The van der Waals surface area contributed by atoms with Gasteiger partial charge in [-0.15, -0.1) is 0 Å². The first kappa shape index (κ1) is 13.4. The minimum atomic E-state index is 0.629. The summed E-state index contributed by atoms with van der Waals surface area (Å²) in [5.41, 5.74) is 4.85. The predicted molar refractivity (Wildman–Crippen MR) is 88.5 cm³/mol. The fraction of sp³-hybridized carbons (Fsp3) is 0.316. The zero-order valence-electron chi connectivity index (χ0n) is 13.0. The molecule has 0 N–H and O–H groups in total. The molecule has 0 unspecified atom stereocenters. The number of hydrogen-bond donors (Lipinski definition) is 0. The van der Waals surface area contributed by atoms with Crippen molar-refractivity contribution in [3.63, 3.8) is 0 Å². The Morgan fingerprint density at radius 1 is 1.14 bits per heavy atom. The van der Waals surface area contributed by atoms with Crippen molar-refractivity contribution in [3.8, 4) is 5.75 Å². The Labute approximate surface area is 130 Å². The third-order valence-electron chi connectivity index (χ3n) is 4.39. The monoisotopic (exact) mass is 292 g/mol. The Hall–Kier alpha value is -2.29. The van der Waals surface area contributed by atoms with Crippen molar-refractivity contribution in [1.29, 1.82) is 0 Å². The first-order valence-electron chi connectivity index (χ1n) is 7.84. The summed E-state index contributed by atoms with van der Waals surface area (Å²) in [6.45, 7) is 3.01. The van der Waals surface area contributed by atoms with Gasteiger partial charge in [-0.1, -0.05) is 29.8 Å². The van der Waals surface area contributed by atoms with Crippen LogP contribution in [0.15, 0.2) is 42.5 Å². The minimum absolute atomic E-state index is 0.629. The van der Waals surface area contributed by atoms with Crippen LogP contribution < -0.4 is 4.74 Å². The molecule has 3 nitrogen and oxygen atoms in total. The minimum Gasteiger partial charge on any atom is -0.497 e. The third kappa shape index (κ3) is 2.37. The molecule has 0 aliphatic heterocycles. The standard InChI is InChI=1S/C19H20N2O/c1-13-3-5-14(6-4-13)12-21-18-10-9-16(22-2)11-17(18)20-19(21)15-7-8-15/h3-6,9-11,15H,7-8,12H2,1-2H3. The van der Waals surface area contributed by atoms with E-state index in [1.165, 1.54) is 35.3 Å². The van der Waals surface area contributed by atoms with Crippen molar-refractivity contribution >= 4 is 11.0 Å². The van der Waals surface area contributed by atoms with Gasteiger partial charge in [-0.2, -0.15) is 0 Å². The normalized spacial score (nSPS) is 14.5. The van der Waals surface area contributed by atoms with E-state index in [1.54, 1.807) is 7.11 Å². The predicted octanol–water partition coefficient (Wildman–Crippen LogP) is 4.28. The van der Waals surface area contributed by atoms with Gasteiger partial charge in [-0.05, 0) is 37.5 Å². The van der Waals surface area contributed by atoms with Gasteiger partial charge in [0, 0.05) is 18.5 Å². The fourth-order valence-corrected chi connectivity index (χ4v) is 2.95. The molecule has 1 saturated carbocycles. The number of ether oxygens (including phenoxy) is 1. The highest BCUT2D eigenvalue weighted by Crippen LogP contribution is 2.41. The van der Waals surface area contributed by atoms with E-state index in [1.807, 2.05) is 12.1 Å². The van der Waals surface area contributed by atoms with Crippen LogP contribution >= 0.6 is 0 Å². The second-order valence-electron chi connectivity index (χ2n) is 6.17. The number of nitrogens with zero attached hydrogens (tertiary/aromatic N) is 2. The van der Waals surface area contributed by atoms with Crippen molar-refractivity contribution < 1.29 is 4.74 Å². The molecule has 1 aromatic heterocycles. The SMILES string of the molecule is COc1ccc2c(c1)nc(C1CC1)n2Cc1ccc(C)cc1. The van der Waals surface area contributed by atoms with E-state index < -0.39 is 0 Å². The van der Waals surface area contributed by atoms with E-state index in [4.69, 9.17) is 9.72 Å². The number of hydrogen-bond acceptors (Lipinski definition) is 2. The summed E-state index contributed by atoms with van der Waals surface area (Å²) >= 11 is 0. The molecular formula is C19H20N2O. The topological polar surface area (TPSA) is 27.1 Å². The maximum atomic E-state index is 5.33. The Balaban J connectivity index is 1.80. The number of imidazole rings is 1. The van der Waals surface area contributed by atoms with Crippen LogP contribution in [-0.2, 0) is 6.54 Å². The van der Waals surface area contributed by atoms with Crippen LogP contribution in [0.1, 0.15) is 35.7 Å². The van der Waals surface area contributed by atoms with Crippen LogP contribution in [0.4, 0.5) is 0 Å².